The Morgan fingerprint density at radius 1 is 1.25 bits per heavy atom. The molecule has 2 heterocycles. The van der Waals surface area contributed by atoms with Gasteiger partial charge < -0.3 is 14.2 Å². The van der Waals surface area contributed by atoms with Gasteiger partial charge in [-0.25, -0.2) is 0 Å². The molecule has 1 aromatic rings. The zero-order valence-corrected chi connectivity index (χ0v) is 10.5. The number of hydrogen-bond acceptors (Lipinski definition) is 4. The number of halogens is 1. The number of ether oxygens (including phenoxy) is 3. The first-order valence-electron chi connectivity index (χ1n) is 4.97. The van der Waals surface area contributed by atoms with E-state index in [0.29, 0.717) is 6.42 Å². The highest BCUT2D eigenvalue weighted by atomic mass is 127. The normalized spacial score (nSPS) is 26.9. The minimum atomic E-state index is -0.164. The topological polar surface area (TPSA) is 44.8 Å². The summed E-state index contributed by atoms with van der Waals surface area (Å²) < 4.78 is 16.0. The summed E-state index contributed by atoms with van der Waals surface area (Å²) in [5.41, 5.74) is 0.967. The molecule has 0 spiro atoms. The summed E-state index contributed by atoms with van der Waals surface area (Å²) >= 11 is 2.24. The molecular formula is C11H9IO4. The lowest BCUT2D eigenvalue weighted by Crippen LogP contribution is -2.05. The molecule has 0 aromatic heterocycles. The molecule has 3 rings (SSSR count). The van der Waals surface area contributed by atoms with E-state index in [1.807, 2.05) is 18.2 Å². The van der Waals surface area contributed by atoms with Gasteiger partial charge in [0.15, 0.2) is 11.5 Å². The van der Waals surface area contributed by atoms with Crippen LogP contribution in [0.3, 0.4) is 0 Å². The lowest BCUT2D eigenvalue weighted by molar-refractivity contribution is -0.141. The fraction of sp³-hybridized carbons (Fsp3) is 0.364. The first-order valence-corrected chi connectivity index (χ1v) is 6.22. The van der Waals surface area contributed by atoms with Crippen molar-refractivity contribution in [2.75, 3.05) is 6.79 Å². The average Bonchev–Trinajstić information content (AvgIpc) is 2.83. The van der Waals surface area contributed by atoms with Crippen LogP contribution in [0.5, 0.6) is 11.5 Å². The van der Waals surface area contributed by atoms with E-state index >= 15 is 0 Å². The molecule has 0 radical (unpaired) electrons. The van der Waals surface area contributed by atoms with E-state index in [1.54, 1.807) is 0 Å². The number of benzene rings is 1. The van der Waals surface area contributed by atoms with E-state index in [1.165, 1.54) is 0 Å². The number of fused-ring (bicyclic) bond motifs is 1. The summed E-state index contributed by atoms with van der Waals surface area (Å²) in [6.07, 6.45) is 0.308. The Morgan fingerprint density at radius 3 is 2.81 bits per heavy atom. The molecule has 0 amide bonds. The Bertz CT molecular complexity index is 446. The average molecular weight is 332 g/mol. The fourth-order valence-corrected chi connectivity index (χ4v) is 2.82. The van der Waals surface area contributed by atoms with Crippen molar-refractivity contribution < 1.29 is 19.0 Å². The highest BCUT2D eigenvalue weighted by Crippen LogP contribution is 2.40. The second-order valence-electron chi connectivity index (χ2n) is 3.74. The van der Waals surface area contributed by atoms with E-state index in [9.17, 15) is 4.79 Å². The van der Waals surface area contributed by atoms with Crippen molar-refractivity contribution >= 4 is 28.6 Å². The minimum absolute atomic E-state index is 0.137. The standard InChI is InChI=1S/C11H9IO4/c12-7-4-10(13)16-11(7)6-1-2-8-9(3-6)15-5-14-8/h1-3,7,11H,4-5H2/t7-,11+/m1/s1. The monoisotopic (exact) mass is 332 g/mol. The van der Waals surface area contributed by atoms with Crippen molar-refractivity contribution in [1.29, 1.82) is 0 Å². The molecule has 0 unspecified atom stereocenters. The van der Waals surface area contributed by atoms with Gasteiger partial charge in [0.05, 0.1) is 10.3 Å². The maximum atomic E-state index is 11.2. The summed E-state index contributed by atoms with van der Waals surface area (Å²) in [5.74, 6) is 1.34. The number of alkyl halides is 1. The summed E-state index contributed by atoms with van der Waals surface area (Å²) in [6.45, 7) is 0.261. The van der Waals surface area contributed by atoms with E-state index in [4.69, 9.17) is 14.2 Å². The van der Waals surface area contributed by atoms with E-state index in [-0.39, 0.29) is 22.8 Å². The molecule has 2 aliphatic rings. The van der Waals surface area contributed by atoms with Gasteiger partial charge in [0.25, 0.3) is 0 Å². The molecule has 5 heteroatoms. The van der Waals surface area contributed by atoms with Crippen LogP contribution >= 0.6 is 22.6 Å². The third-order valence-corrected chi connectivity index (χ3v) is 3.77. The van der Waals surface area contributed by atoms with Crippen LogP contribution in [0.2, 0.25) is 0 Å². The zero-order chi connectivity index (χ0) is 11.1. The third kappa shape index (κ3) is 1.63. The van der Waals surface area contributed by atoms with Crippen LogP contribution in [0.25, 0.3) is 0 Å². The van der Waals surface area contributed by atoms with Gasteiger partial charge in [0.1, 0.15) is 6.10 Å². The molecule has 2 aliphatic heterocycles. The van der Waals surface area contributed by atoms with E-state index in [2.05, 4.69) is 22.6 Å². The Kier molecular flexibility index (Phi) is 2.42. The van der Waals surface area contributed by atoms with Crippen molar-refractivity contribution in [3.05, 3.63) is 23.8 Å². The SMILES string of the molecule is O=C1C[C@@H](I)[C@H](c2ccc3c(c2)OCO3)O1. The minimum Gasteiger partial charge on any atom is -0.456 e. The lowest BCUT2D eigenvalue weighted by atomic mass is 10.1. The van der Waals surface area contributed by atoms with Gasteiger partial charge in [-0.2, -0.15) is 0 Å². The first kappa shape index (κ1) is 10.2. The van der Waals surface area contributed by atoms with Crippen LogP contribution in [0.1, 0.15) is 18.1 Å². The van der Waals surface area contributed by atoms with Gasteiger partial charge >= 0.3 is 5.97 Å². The predicted octanol–water partition coefficient (Wildman–Crippen LogP) is 2.21. The van der Waals surface area contributed by atoms with Gasteiger partial charge in [-0.15, -0.1) is 0 Å². The second kappa shape index (κ2) is 3.80. The van der Waals surface area contributed by atoms with Crippen LogP contribution in [0, 0.1) is 0 Å². The van der Waals surface area contributed by atoms with Crippen molar-refractivity contribution in [1.82, 2.24) is 0 Å². The van der Waals surface area contributed by atoms with Gasteiger partial charge in [-0.3, -0.25) is 4.79 Å². The summed E-state index contributed by atoms with van der Waals surface area (Å²) in [4.78, 5) is 11.2. The van der Waals surface area contributed by atoms with Crippen LogP contribution in [0.4, 0.5) is 0 Å². The highest BCUT2D eigenvalue weighted by Gasteiger charge is 2.34. The molecule has 1 fully saturated rings. The number of hydrogen-bond donors (Lipinski definition) is 0. The van der Waals surface area contributed by atoms with Crippen LogP contribution in [-0.4, -0.2) is 16.7 Å². The smallest absolute Gasteiger partial charge is 0.307 e. The Balaban J connectivity index is 1.92. The maximum Gasteiger partial charge on any atom is 0.307 e. The molecule has 16 heavy (non-hydrogen) atoms. The summed E-state index contributed by atoms with van der Waals surface area (Å²) in [5, 5.41) is 0. The fourth-order valence-electron chi connectivity index (χ4n) is 1.90. The number of rotatable bonds is 1. The Labute approximate surface area is 106 Å². The lowest BCUT2D eigenvalue weighted by Gasteiger charge is -2.13. The number of cyclic esters (lactones) is 1. The van der Waals surface area contributed by atoms with Gasteiger partial charge in [-0.05, 0) is 17.7 Å². The van der Waals surface area contributed by atoms with Crippen molar-refractivity contribution in [2.45, 2.75) is 16.4 Å². The van der Waals surface area contributed by atoms with Crippen LogP contribution < -0.4 is 9.47 Å². The summed E-state index contributed by atoms with van der Waals surface area (Å²) in [6, 6.07) is 5.66. The zero-order valence-electron chi connectivity index (χ0n) is 8.31. The molecule has 84 valence electrons. The van der Waals surface area contributed by atoms with Crippen molar-refractivity contribution in [3.63, 3.8) is 0 Å². The van der Waals surface area contributed by atoms with E-state index < -0.39 is 0 Å². The largest absolute Gasteiger partial charge is 0.456 e. The van der Waals surface area contributed by atoms with Crippen molar-refractivity contribution in [2.24, 2.45) is 0 Å². The maximum absolute atomic E-state index is 11.2. The highest BCUT2D eigenvalue weighted by molar-refractivity contribution is 14.1. The molecule has 0 aliphatic carbocycles. The molecule has 4 nitrogen and oxygen atoms in total. The number of carbonyl (C=O) groups is 1. The molecule has 1 aromatic carbocycles. The summed E-state index contributed by atoms with van der Waals surface area (Å²) in [7, 11) is 0. The predicted molar refractivity (Wildman–Crippen MR) is 63.8 cm³/mol. The Morgan fingerprint density at radius 2 is 2.06 bits per heavy atom. The molecule has 0 bridgehead atoms. The molecule has 0 saturated carbocycles. The second-order valence-corrected chi connectivity index (χ2v) is 5.34. The van der Waals surface area contributed by atoms with Crippen LogP contribution in [-0.2, 0) is 9.53 Å². The van der Waals surface area contributed by atoms with Crippen LogP contribution in [0.15, 0.2) is 18.2 Å². The molecule has 0 N–H and O–H groups in total. The Hall–Kier alpha value is -0.980. The quantitative estimate of drug-likeness (QED) is 0.449. The van der Waals surface area contributed by atoms with Gasteiger partial charge in [0.2, 0.25) is 6.79 Å². The molecule has 2 atom stereocenters. The van der Waals surface area contributed by atoms with Gasteiger partial charge in [-0.1, -0.05) is 28.7 Å². The molecular weight excluding hydrogens is 323 g/mol. The number of carbonyl (C=O) groups excluding carboxylic acids is 1. The van der Waals surface area contributed by atoms with Crippen molar-refractivity contribution in [3.8, 4) is 11.5 Å². The first-order chi connectivity index (χ1) is 7.74. The van der Waals surface area contributed by atoms with Gasteiger partial charge in [0, 0.05) is 0 Å². The number of esters is 1. The third-order valence-electron chi connectivity index (χ3n) is 2.67. The molecule has 1 saturated heterocycles. The van der Waals surface area contributed by atoms with E-state index in [0.717, 1.165) is 17.1 Å².